The molecule has 216 valence electrons. The van der Waals surface area contributed by atoms with E-state index in [1.807, 2.05) is 0 Å². The summed E-state index contributed by atoms with van der Waals surface area (Å²) < 4.78 is 0. The molecule has 0 bridgehead atoms. The van der Waals surface area contributed by atoms with Gasteiger partial charge in [0, 0.05) is 0 Å². The lowest BCUT2D eigenvalue weighted by Gasteiger charge is -2.18. The zero-order valence-corrected chi connectivity index (χ0v) is 18.3. The van der Waals surface area contributed by atoms with Gasteiger partial charge in [-0.05, 0) is 0 Å². The Morgan fingerprint density at radius 3 is 0.526 bits per heavy atom. The van der Waals surface area contributed by atoms with Gasteiger partial charge in [-0.1, -0.05) is 0 Å². The summed E-state index contributed by atoms with van der Waals surface area (Å²) in [5.41, 5.74) is -5.48. The largest absolute Gasteiger partial charge is 0.481 e. The van der Waals surface area contributed by atoms with Crippen molar-refractivity contribution in [2.24, 2.45) is 0 Å². The van der Waals surface area contributed by atoms with E-state index in [-0.39, 0.29) is 0 Å². The number of aliphatic carboxylic acids is 10. The number of carbonyl (C=O) groups is 10. The molecule has 0 radical (unpaired) electrons. The van der Waals surface area contributed by atoms with Gasteiger partial charge in [-0.25, -0.2) is 28.8 Å². The molecule has 0 aromatic heterocycles. The number of aliphatic hydroxyl groups is 2. The Kier molecular flexibility index (Phi) is 18.8. The third-order valence-corrected chi connectivity index (χ3v) is 2.94. The maximum absolute atomic E-state index is 10.3. The van der Waals surface area contributed by atoms with E-state index in [9.17, 15) is 28.8 Å². The summed E-state index contributed by atoms with van der Waals surface area (Å²) in [4.78, 5) is 97.4. The summed E-state index contributed by atoms with van der Waals surface area (Å²) in [5, 5.41) is 97.2. The Morgan fingerprint density at radius 2 is 0.474 bits per heavy atom. The molecular formula is C16H20O22. The first-order chi connectivity index (χ1) is 16.8. The summed E-state index contributed by atoms with van der Waals surface area (Å²) in [6.07, 6.45) is -4.58. The fourth-order valence-corrected chi connectivity index (χ4v) is 1.43. The minimum absolute atomic E-state index is 1.14. The highest BCUT2D eigenvalue weighted by Crippen LogP contribution is 2.16. The van der Waals surface area contributed by atoms with Gasteiger partial charge in [-0.2, -0.15) is 0 Å². The first-order valence-electron chi connectivity index (χ1n) is 8.55. The molecule has 0 spiro atoms. The van der Waals surface area contributed by atoms with Crippen LogP contribution in [0.5, 0.6) is 0 Å². The normalized spacial score (nSPS) is 9.74. The fraction of sp³-hybridized carbons (Fsp3) is 0.375. The van der Waals surface area contributed by atoms with Gasteiger partial charge < -0.3 is 61.3 Å². The van der Waals surface area contributed by atoms with Crippen LogP contribution in [0.4, 0.5) is 0 Å². The predicted molar refractivity (Wildman–Crippen MR) is 105 cm³/mol. The predicted octanol–water partition coefficient (Wildman–Crippen LogP) is -4.19. The van der Waals surface area contributed by atoms with Crippen LogP contribution in [0.1, 0.15) is 25.7 Å². The second-order valence-electron chi connectivity index (χ2n) is 6.18. The average molecular weight is 564 g/mol. The van der Waals surface area contributed by atoms with Crippen molar-refractivity contribution in [3.8, 4) is 0 Å². The van der Waals surface area contributed by atoms with E-state index in [0.717, 1.165) is 0 Å². The Balaban J connectivity index is -0.000000216. The smallest absolute Gasteiger partial charge is 0.414 e. The van der Waals surface area contributed by atoms with E-state index in [2.05, 4.69) is 0 Å². The Hall–Kier alpha value is -5.38. The average Bonchev–Trinajstić information content (AvgIpc) is 2.66. The standard InChI is InChI=1S/2C6H8O7.2C2H2O4/c2*7-3(8)1-6(13,5(11)12)2-4(9)10;2*3-1(4)2(5)6/h2*13H,1-2H2,(H,7,8)(H,9,10)(H,11,12);2*(H,3,4)(H,5,6). The number of carboxylic acid groups (broad SMARTS) is 10. The molecule has 0 aliphatic carbocycles. The lowest BCUT2D eigenvalue weighted by Crippen LogP contribution is -2.42. The second-order valence-corrected chi connectivity index (χ2v) is 6.18. The minimum atomic E-state index is -2.74. The van der Waals surface area contributed by atoms with E-state index < -0.39 is 96.6 Å². The van der Waals surface area contributed by atoms with Gasteiger partial charge in [0.15, 0.2) is 11.2 Å². The Morgan fingerprint density at radius 1 is 0.342 bits per heavy atom. The van der Waals surface area contributed by atoms with Gasteiger partial charge in [-0.3, -0.25) is 19.2 Å². The third-order valence-electron chi connectivity index (χ3n) is 2.94. The van der Waals surface area contributed by atoms with Crippen molar-refractivity contribution in [1.29, 1.82) is 0 Å². The maximum atomic E-state index is 10.3. The first kappa shape index (κ1) is 39.8. The highest BCUT2D eigenvalue weighted by atomic mass is 16.5. The summed E-state index contributed by atoms with van der Waals surface area (Å²) in [7, 11) is 0. The fourth-order valence-electron chi connectivity index (χ4n) is 1.43. The summed E-state index contributed by atoms with van der Waals surface area (Å²) in [5.74, 6) is -17.3. The summed E-state index contributed by atoms with van der Waals surface area (Å²) >= 11 is 0. The van der Waals surface area contributed by atoms with Crippen molar-refractivity contribution >= 4 is 59.7 Å². The zero-order valence-electron chi connectivity index (χ0n) is 18.3. The van der Waals surface area contributed by atoms with Crippen molar-refractivity contribution in [1.82, 2.24) is 0 Å². The van der Waals surface area contributed by atoms with Gasteiger partial charge >= 0.3 is 59.7 Å². The molecule has 0 aliphatic rings. The van der Waals surface area contributed by atoms with Crippen LogP contribution >= 0.6 is 0 Å². The lowest BCUT2D eigenvalue weighted by atomic mass is 9.96. The molecular weight excluding hydrogens is 544 g/mol. The van der Waals surface area contributed by atoms with Crippen molar-refractivity contribution in [3.63, 3.8) is 0 Å². The quantitative estimate of drug-likeness (QED) is 0.112. The molecule has 0 aliphatic heterocycles. The molecule has 0 amide bonds. The van der Waals surface area contributed by atoms with Gasteiger partial charge in [-0.15, -0.1) is 0 Å². The molecule has 0 heterocycles. The van der Waals surface area contributed by atoms with Crippen LogP contribution in [0.25, 0.3) is 0 Å². The second kappa shape index (κ2) is 18.0. The summed E-state index contributed by atoms with van der Waals surface area (Å²) in [6.45, 7) is 0. The topological polar surface area (TPSA) is 413 Å². The van der Waals surface area contributed by atoms with Crippen LogP contribution in [-0.2, 0) is 47.9 Å². The number of hydrogen-bond donors (Lipinski definition) is 12. The number of rotatable bonds is 10. The summed E-state index contributed by atoms with van der Waals surface area (Å²) in [6, 6.07) is 0. The molecule has 0 aromatic carbocycles. The molecule has 38 heavy (non-hydrogen) atoms. The zero-order chi connectivity index (χ0) is 31.6. The van der Waals surface area contributed by atoms with Crippen LogP contribution in [-0.4, -0.2) is 132 Å². The Labute approximate surface area is 206 Å². The molecule has 0 fully saturated rings. The van der Waals surface area contributed by atoms with E-state index in [0.29, 0.717) is 0 Å². The van der Waals surface area contributed by atoms with E-state index in [1.54, 1.807) is 0 Å². The number of hydrogen-bond acceptors (Lipinski definition) is 12. The van der Waals surface area contributed by atoms with Crippen LogP contribution in [0.15, 0.2) is 0 Å². The molecule has 0 rings (SSSR count). The lowest BCUT2D eigenvalue weighted by molar-refractivity contribution is -0.170. The number of carboxylic acids is 10. The van der Waals surface area contributed by atoms with Gasteiger partial charge in [0.05, 0.1) is 25.7 Å². The minimum Gasteiger partial charge on any atom is -0.481 e. The van der Waals surface area contributed by atoms with Crippen molar-refractivity contribution < 1.29 is 109 Å². The molecule has 0 aromatic rings. The first-order valence-corrected chi connectivity index (χ1v) is 8.55. The highest BCUT2D eigenvalue weighted by Gasteiger charge is 2.41. The SMILES string of the molecule is O=C(O)C(=O)O.O=C(O)C(=O)O.O=C(O)CC(O)(CC(=O)O)C(=O)O.O=C(O)CC(O)(CC(=O)O)C(=O)O. The van der Waals surface area contributed by atoms with Gasteiger partial charge in [0.2, 0.25) is 0 Å². The monoisotopic (exact) mass is 564 g/mol. The van der Waals surface area contributed by atoms with Crippen molar-refractivity contribution in [2.75, 3.05) is 0 Å². The van der Waals surface area contributed by atoms with Crippen LogP contribution in [0, 0.1) is 0 Å². The van der Waals surface area contributed by atoms with E-state index in [1.165, 1.54) is 0 Å². The molecule has 0 unspecified atom stereocenters. The van der Waals surface area contributed by atoms with Crippen molar-refractivity contribution in [2.45, 2.75) is 36.9 Å². The van der Waals surface area contributed by atoms with Crippen LogP contribution in [0.3, 0.4) is 0 Å². The molecule has 0 atom stereocenters. The Bertz CT molecular complexity index is 811. The van der Waals surface area contributed by atoms with Crippen LogP contribution < -0.4 is 0 Å². The van der Waals surface area contributed by atoms with Gasteiger partial charge in [0.25, 0.3) is 0 Å². The molecule has 0 saturated carbocycles. The molecule has 12 N–H and O–H groups in total. The van der Waals surface area contributed by atoms with Crippen molar-refractivity contribution in [3.05, 3.63) is 0 Å². The molecule has 0 saturated heterocycles. The molecule has 22 nitrogen and oxygen atoms in total. The van der Waals surface area contributed by atoms with Gasteiger partial charge in [0.1, 0.15) is 0 Å². The van der Waals surface area contributed by atoms with Crippen LogP contribution in [0.2, 0.25) is 0 Å². The van der Waals surface area contributed by atoms with E-state index >= 15 is 0 Å². The maximum Gasteiger partial charge on any atom is 0.414 e. The highest BCUT2D eigenvalue weighted by molar-refractivity contribution is 6.27. The van der Waals surface area contributed by atoms with E-state index in [4.69, 9.17) is 80.5 Å². The molecule has 22 heteroatoms. The third kappa shape index (κ3) is 22.4.